The predicted octanol–water partition coefficient (Wildman–Crippen LogP) is 1.98. The molecule has 0 N–H and O–H groups in total. The first kappa shape index (κ1) is 9.59. The van der Waals surface area contributed by atoms with Crippen LogP contribution in [0.25, 0.3) is 0 Å². The van der Waals surface area contributed by atoms with Crippen molar-refractivity contribution in [1.82, 2.24) is 0 Å². The molecular formula is C7H12Cl2O2. The van der Waals surface area contributed by atoms with Gasteiger partial charge < -0.3 is 9.47 Å². The second-order valence-corrected chi connectivity index (χ2v) is 3.77. The van der Waals surface area contributed by atoms with Gasteiger partial charge in [0.2, 0.25) is 0 Å². The summed E-state index contributed by atoms with van der Waals surface area (Å²) in [6.07, 6.45) is 0.441. The summed E-state index contributed by atoms with van der Waals surface area (Å²) >= 11 is 11.9. The molecule has 1 rings (SSSR count). The zero-order valence-corrected chi connectivity index (χ0v) is 8.10. The van der Waals surface area contributed by atoms with Crippen molar-refractivity contribution in [3.63, 3.8) is 0 Å². The highest BCUT2D eigenvalue weighted by atomic mass is 35.5. The van der Waals surface area contributed by atoms with Gasteiger partial charge >= 0.3 is 0 Å². The Morgan fingerprint density at radius 2 is 2.09 bits per heavy atom. The third kappa shape index (κ3) is 2.22. The molecule has 0 aromatic rings. The van der Waals surface area contributed by atoms with Crippen molar-refractivity contribution in [1.29, 1.82) is 0 Å². The molecule has 0 spiro atoms. The third-order valence-electron chi connectivity index (χ3n) is 1.84. The SMILES string of the molecule is CO[C@H]1C[C@@H](Cl)[C@H](Cl)[C@H](C)O1. The third-order valence-corrected chi connectivity index (χ3v) is 3.08. The lowest BCUT2D eigenvalue weighted by Gasteiger charge is -2.33. The minimum Gasteiger partial charge on any atom is -0.356 e. The van der Waals surface area contributed by atoms with E-state index in [-0.39, 0.29) is 23.1 Å². The second kappa shape index (κ2) is 3.94. The Morgan fingerprint density at radius 3 is 2.55 bits per heavy atom. The van der Waals surface area contributed by atoms with Crippen LogP contribution in [0.15, 0.2) is 0 Å². The maximum absolute atomic E-state index is 5.94. The summed E-state index contributed by atoms with van der Waals surface area (Å²) in [5.41, 5.74) is 0. The molecular weight excluding hydrogens is 187 g/mol. The van der Waals surface area contributed by atoms with Crippen molar-refractivity contribution < 1.29 is 9.47 Å². The van der Waals surface area contributed by atoms with Crippen LogP contribution in [0.4, 0.5) is 0 Å². The van der Waals surface area contributed by atoms with Crippen molar-refractivity contribution in [3.8, 4) is 0 Å². The number of hydrogen-bond donors (Lipinski definition) is 0. The van der Waals surface area contributed by atoms with Gasteiger partial charge in [-0.05, 0) is 6.92 Å². The smallest absolute Gasteiger partial charge is 0.159 e. The molecule has 0 amide bonds. The number of methoxy groups -OCH3 is 1. The normalized spacial score (nSPS) is 45.8. The fourth-order valence-corrected chi connectivity index (χ4v) is 1.64. The van der Waals surface area contributed by atoms with Crippen molar-refractivity contribution >= 4 is 23.2 Å². The first-order valence-corrected chi connectivity index (χ1v) is 4.49. The Labute approximate surface area is 76.8 Å². The lowest BCUT2D eigenvalue weighted by molar-refractivity contribution is -0.171. The van der Waals surface area contributed by atoms with Gasteiger partial charge in [0.25, 0.3) is 0 Å². The lowest BCUT2D eigenvalue weighted by Crippen LogP contribution is -2.41. The van der Waals surface area contributed by atoms with Crippen LogP contribution in [-0.4, -0.2) is 30.3 Å². The summed E-state index contributed by atoms with van der Waals surface area (Å²) < 4.78 is 10.4. The summed E-state index contributed by atoms with van der Waals surface area (Å²) in [6.45, 7) is 1.90. The zero-order chi connectivity index (χ0) is 8.43. The summed E-state index contributed by atoms with van der Waals surface area (Å²) in [5, 5.41) is -0.159. The summed E-state index contributed by atoms with van der Waals surface area (Å²) in [7, 11) is 1.61. The highest BCUT2D eigenvalue weighted by Gasteiger charge is 2.33. The molecule has 0 aromatic heterocycles. The molecule has 0 unspecified atom stereocenters. The highest BCUT2D eigenvalue weighted by Crippen LogP contribution is 2.28. The van der Waals surface area contributed by atoms with E-state index in [0.717, 1.165) is 0 Å². The van der Waals surface area contributed by atoms with Crippen LogP contribution in [0.5, 0.6) is 0 Å². The standard InChI is InChI=1S/C7H12Cl2O2/c1-4-7(9)5(8)3-6(10-2)11-4/h4-7H,3H2,1-2H3/t4-,5+,6+,7+/m0/s1. The van der Waals surface area contributed by atoms with Gasteiger partial charge in [-0.3, -0.25) is 0 Å². The minimum absolute atomic E-state index is 0.0298. The van der Waals surface area contributed by atoms with Gasteiger partial charge in [0.1, 0.15) is 0 Å². The zero-order valence-electron chi connectivity index (χ0n) is 6.59. The molecule has 1 heterocycles. The molecule has 0 radical (unpaired) electrons. The van der Waals surface area contributed by atoms with E-state index in [1.165, 1.54) is 0 Å². The fourth-order valence-electron chi connectivity index (χ4n) is 1.13. The van der Waals surface area contributed by atoms with E-state index in [9.17, 15) is 0 Å². The molecule has 2 nitrogen and oxygen atoms in total. The Hall–Kier alpha value is 0.500. The van der Waals surface area contributed by atoms with Gasteiger partial charge in [-0.1, -0.05) is 0 Å². The molecule has 1 aliphatic rings. The van der Waals surface area contributed by atoms with E-state index in [1.807, 2.05) is 6.92 Å². The molecule has 0 aliphatic carbocycles. The highest BCUT2D eigenvalue weighted by molar-refractivity contribution is 6.30. The number of ether oxygens (including phenoxy) is 2. The maximum atomic E-state index is 5.94. The van der Waals surface area contributed by atoms with E-state index in [0.29, 0.717) is 6.42 Å². The van der Waals surface area contributed by atoms with E-state index < -0.39 is 0 Å². The molecule has 0 saturated carbocycles. The first-order valence-electron chi connectivity index (χ1n) is 3.61. The Morgan fingerprint density at radius 1 is 1.45 bits per heavy atom. The fraction of sp³-hybridized carbons (Fsp3) is 1.00. The number of rotatable bonds is 1. The Bertz CT molecular complexity index is 120. The quantitative estimate of drug-likeness (QED) is 0.601. The molecule has 1 fully saturated rings. The molecule has 0 bridgehead atoms. The molecule has 4 heteroatoms. The van der Waals surface area contributed by atoms with Crippen LogP contribution in [0.1, 0.15) is 13.3 Å². The van der Waals surface area contributed by atoms with Crippen molar-refractivity contribution in [3.05, 3.63) is 0 Å². The van der Waals surface area contributed by atoms with Gasteiger partial charge in [0.15, 0.2) is 6.29 Å². The monoisotopic (exact) mass is 198 g/mol. The van der Waals surface area contributed by atoms with Gasteiger partial charge in [-0.2, -0.15) is 0 Å². The molecule has 1 aliphatic heterocycles. The van der Waals surface area contributed by atoms with Crippen LogP contribution >= 0.6 is 23.2 Å². The molecule has 0 aromatic carbocycles. The minimum atomic E-state index is -0.192. The molecule has 66 valence electrons. The van der Waals surface area contributed by atoms with Gasteiger partial charge in [-0.25, -0.2) is 0 Å². The first-order chi connectivity index (χ1) is 5.15. The Kier molecular flexibility index (Phi) is 3.44. The topological polar surface area (TPSA) is 18.5 Å². The van der Waals surface area contributed by atoms with Crippen molar-refractivity contribution in [2.75, 3.05) is 7.11 Å². The van der Waals surface area contributed by atoms with E-state index in [1.54, 1.807) is 7.11 Å². The molecule has 11 heavy (non-hydrogen) atoms. The molecule has 4 atom stereocenters. The summed E-state index contributed by atoms with van der Waals surface area (Å²) in [6, 6.07) is 0. The predicted molar refractivity (Wildman–Crippen MR) is 45.2 cm³/mol. The average Bonchev–Trinajstić information content (AvgIpc) is 1.99. The largest absolute Gasteiger partial charge is 0.356 e. The van der Waals surface area contributed by atoms with Crippen LogP contribution in [0.2, 0.25) is 0 Å². The Balaban J connectivity index is 2.47. The van der Waals surface area contributed by atoms with E-state index in [4.69, 9.17) is 32.7 Å². The van der Waals surface area contributed by atoms with Crippen LogP contribution in [-0.2, 0) is 9.47 Å². The number of alkyl halides is 2. The number of hydrogen-bond acceptors (Lipinski definition) is 2. The van der Waals surface area contributed by atoms with Gasteiger partial charge in [-0.15, -0.1) is 23.2 Å². The molecule has 1 saturated heterocycles. The van der Waals surface area contributed by atoms with Gasteiger partial charge in [0.05, 0.1) is 16.9 Å². The average molecular weight is 199 g/mol. The number of halogens is 2. The van der Waals surface area contributed by atoms with Gasteiger partial charge in [0, 0.05) is 13.5 Å². The lowest BCUT2D eigenvalue weighted by atomic mass is 10.1. The van der Waals surface area contributed by atoms with Crippen LogP contribution < -0.4 is 0 Å². The van der Waals surface area contributed by atoms with E-state index in [2.05, 4.69) is 0 Å². The van der Waals surface area contributed by atoms with Crippen molar-refractivity contribution in [2.24, 2.45) is 0 Å². The summed E-state index contributed by atoms with van der Waals surface area (Å²) in [4.78, 5) is 0. The van der Waals surface area contributed by atoms with Crippen molar-refractivity contribution in [2.45, 2.75) is 36.5 Å². The maximum Gasteiger partial charge on any atom is 0.159 e. The van der Waals surface area contributed by atoms with Crippen LogP contribution in [0.3, 0.4) is 0 Å². The van der Waals surface area contributed by atoms with E-state index >= 15 is 0 Å². The second-order valence-electron chi connectivity index (χ2n) is 2.70. The summed E-state index contributed by atoms with van der Waals surface area (Å²) in [5.74, 6) is 0. The van der Waals surface area contributed by atoms with Crippen LogP contribution in [0, 0.1) is 0 Å².